The monoisotopic (exact) mass is 409 g/mol. The number of ether oxygens (including phenoxy) is 1. The summed E-state index contributed by atoms with van der Waals surface area (Å²) in [6, 6.07) is 6.10. The fourth-order valence-corrected chi connectivity index (χ4v) is 5.01. The first kappa shape index (κ1) is 19.6. The Kier molecular flexibility index (Phi) is 6.01. The Labute approximate surface area is 163 Å². The SMILES string of the molecule is COc1ccc(S(=O)(=O)Nc2nc(CC(=O)N3CCCC(C)C3)cs2)cc1. The topological polar surface area (TPSA) is 88.6 Å². The number of carbonyl (C=O) groups excluding carboxylic acids is 1. The fraction of sp³-hybridized carbons (Fsp3) is 0.444. The Bertz CT molecular complexity index is 894. The van der Waals surface area contributed by atoms with E-state index in [0.717, 1.165) is 25.9 Å². The van der Waals surface area contributed by atoms with E-state index in [1.165, 1.54) is 30.6 Å². The van der Waals surface area contributed by atoms with Gasteiger partial charge in [0.2, 0.25) is 5.91 Å². The predicted octanol–water partition coefficient (Wildman–Crippen LogP) is 2.75. The highest BCUT2D eigenvalue weighted by Gasteiger charge is 2.22. The van der Waals surface area contributed by atoms with Crippen molar-refractivity contribution < 1.29 is 17.9 Å². The molecule has 1 aliphatic rings. The van der Waals surface area contributed by atoms with E-state index in [4.69, 9.17) is 4.74 Å². The number of hydrogen-bond donors (Lipinski definition) is 1. The highest BCUT2D eigenvalue weighted by atomic mass is 32.2. The zero-order valence-electron chi connectivity index (χ0n) is 15.3. The maximum Gasteiger partial charge on any atom is 0.263 e. The first-order chi connectivity index (χ1) is 12.9. The van der Waals surface area contributed by atoms with Crippen molar-refractivity contribution in [3.63, 3.8) is 0 Å². The molecule has 3 rings (SSSR count). The number of piperidine rings is 1. The van der Waals surface area contributed by atoms with Gasteiger partial charge in [-0.25, -0.2) is 13.4 Å². The quantitative estimate of drug-likeness (QED) is 0.792. The van der Waals surface area contributed by atoms with Crippen molar-refractivity contribution in [3.05, 3.63) is 35.3 Å². The van der Waals surface area contributed by atoms with Crippen molar-refractivity contribution in [2.24, 2.45) is 5.92 Å². The summed E-state index contributed by atoms with van der Waals surface area (Å²) in [5.74, 6) is 1.14. The highest BCUT2D eigenvalue weighted by Crippen LogP contribution is 2.23. The van der Waals surface area contributed by atoms with Crippen molar-refractivity contribution in [1.82, 2.24) is 9.88 Å². The molecular weight excluding hydrogens is 386 g/mol. The van der Waals surface area contributed by atoms with Gasteiger partial charge in [-0.15, -0.1) is 11.3 Å². The third-order valence-corrected chi connectivity index (χ3v) is 6.78. The molecule has 0 radical (unpaired) electrons. The lowest BCUT2D eigenvalue weighted by Crippen LogP contribution is -2.39. The largest absolute Gasteiger partial charge is 0.497 e. The Balaban J connectivity index is 1.63. The molecule has 1 aromatic carbocycles. The van der Waals surface area contributed by atoms with Crippen LogP contribution in [0.2, 0.25) is 0 Å². The van der Waals surface area contributed by atoms with Crippen LogP contribution in [0.25, 0.3) is 0 Å². The fourth-order valence-electron chi connectivity index (χ4n) is 3.05. The molecule has 0 spiro atoms. The van der Waals surface area contributed by atoms with E-state index in [0.29, 0.717) is 17.4 Å². The molecule has 1 saturated heterocycles. The molecule has 0 saturated carbocycles. The number of aromatic nitrogens is 1. The lowest BCUT2D eigenvalue weighted by Gasteiger charge is -2.30. The summed E-state index contributed by atoms with van der Waals surface area (Å²) in [5.41, 5.74) is 0.579. The number of nitrogens with zero attached hydrogens (tertiary/aromatic N) is 2. The smallest absolute Gasteiger partial charge is 0.263 e. The standard InChI is InChI=1S/C18H23N3O4S2/c1-13-4-3-9-21(11-13)17(22)10-14-12-26-18(19-14)20-27(23,24)16-7-5-15(25-2)6-8-16/h5-8,12-13H,3-4,9-11H2,1-2H3,(H,19,20). The molecule has 1 unspecified atom stereocenters. The minimum absolute atomic E-state index is 0.0383. The molecule has 1 fully saturated rings. The second-order valence-electron chi connectivity index (χ2n) is 6.69. The van der Waals surface area contributed by atoms with Crippen LogP contribution in [-0.2, 0) is 21.2 Å². The number of amides is 1. The third kappa shape index (κ3) is 4.98. The number of nitrogens with one attached hydrogen (secondary N) is 1. The second-order valence-corrected chi connectivity index (χ2v) is 9.23. The average Bonchev–Trinajstić information content (AvgIpc) is 3.07. The summed E-state index contributed by atoms with van der Waals surface area (Å²) in [5, 5.41) is 1.97. The van der Waals surface area contributed by atoms with E-state index in [-0.39, 0.29) is 22.4 Å². The maximum absolute atomic E-state index is 12.5. The van der Waals surface area contributed by atoms with Crippen molar-refractivity contribution in [2.45, 2.75) is 31.1 Å². The molecule has 2 aromatic rings. The molecule has 1 N–H and O–H groups in total. The number of rotatable bonds is 6. The number of thiazole rings is 1. The lowest BCUT2D eigenvalue weighted by atomic mass is 10.00. The Morgan fingerprint density at radius 3 is 2.78 bits per heavy atom. The first-order valence-electron chi connectivity index (χ1n) is 8.76. The number of carbonyl (C=O) groups is 1. The van der Waals surface area contributed by atoms with Crippen LogP contribution >= 0.6 is 11.3 Å². The van der Waals surface area contributed by atoms with Crippen molar-refractivity contribution >= 4 is 32.4 Å². The lowest BCUT2D eigenvalue weighted by molar-refractivity contribution is -0.132. The van der Waals surface area contributed by atoms with Crippen LogP contribution in [-0.4, -0.2) is 44.4 Å². The van der Waals surface area contributed by atoms with Crippen LogP contribution in [0.5, 0.6) is 5.75 Å². The number of hydrogen-bond acceptors (Lipinski definition) is 6. The summed E-state index contributed by atoms with van der Waals surface area (Å²) in [6.45, 7) is 3.71. The molecule has 2 heterocycles. The van der Waals surface area contributed by atoms with Crippen LogP contribution < -0.4 is 9.46 Å². The summed E-state index contributed by atoms with van der Waals surface area (Å²) >= 11 is 1.17. The van der Waals surface area contributed by atoms with E-state index >= 15 is 0 Å². The molecule has 7 nitrogen and oxygen atoms in total. The van der Waals surface area contributed by atoms with E-state index < -0.39 is 10.0 Å². The summed E-state index contributed by atoms with van der Waals surface area (Å²) in [7, 11) is -2.22. The number of methoxy groups -OCH3 is 1. The molecule has 146 valence electrons. The van der Waals surface area contributed by atoms with Gasteiger partial charge in [0.1, 0.15) is 5.75 Å². The van der Waals surface area contributed by atoms with Gasteiger partial charge < -0.3 is 9.64 Å². The second kappa shape index (κ2) is 8.26. The van der Waals surface area contributed by atoms with Crippen molar-refractivity contribution in [2.75, 3.05) is 24.9 Å². The third-order valence-electron chi connectivity index (χ3n) is 4.49. The molecule has 1 amide bonds. The Morgan fingerprint density at radius 2 is 2.11 bits per heavy atom. The Morgan fingerprint density at radius 1 is 1.37 bits per heavy atom. The number of anilines is 1. The minimum Gasteiger partial charge on any atom is -0.497 e. The van der Waals surface area contributed by atoms with Crippen molar-refractivity contribution in [3.8, 4) is 5.75 Å². The number of likely N-dealkylation sites (tertiary alicyclic amines) is 1. The normalized spacial score (nSPS) is 17.6. The van der Waals surface area contributed by atoms with Crippen molar-refractivity contribution in [1.29, 1.82) is 0 Å². The van der Waals surface area contributed by atoms with Crippen LogP contribution in [0.4, 0.5) is 5.13 Å². The Hall–Kier alpha value is -2.13. The van der Waals surface area contributed by atoms with Gasteiger partial charge in [0.25, 0.3) is 10.0 Å². The molecule has 9 heteroatoms. The summed E-state index contributed by atoms with van der Waals surface area (Å²) in [4.78, 5) is 18.7. The molecule has 0 aliphatic carbocycles. The summed E-state index contributed by atoms with van der Waals surface area (Å²) in [6.07, 6.45) is 2.36. The minimum atomic E-state index is -3.73. The first-order valence-corrected chi connectivity index (χ1v) is 11.1. The number of sulfonamides is 1. The molecular formula is C18H23N3O4S2. The van der Waals surface area contributed by atoms with E-state index in [2.05, 4.69) is 16.6 Å². The van der Waals surface area contributed by atoms with Crippen LogP contribution in [0.1, 0.15) is 25.5 Å². The van der Waals surface area contributed by atoms with Crippen LogP contribution in [0.3, 0.4) is 0 Å². The maximum atomic E-state index is 12.5. The zero-order chi connectivity index (χ0) is 19.4. The summed E-state index contributed by atoms with van der Waals surface area (Å²) < 4.78 is 32.4. The van der Waals surface area contributed by atoms with Gasteiger partial charge in [-0.3, -0.25) is 9.52 Å². The van der Waals surface area contributed by atoms with Gasteiger partial charge in [-0.1, -0.05) is 6.92 Å². The van der Waals surface area contributed by atoms with Gasteiger partial charge >= 0.3 is 0 Å². The van der Waals surface area contributed by atoms with E-state index in [9.17, 15) is 13.2 Å². The molecule has 1 aliphatic heterocycles. The van der Waals surface area contributed by atoms with Gasteiger partial charge in [-0.2, -0.15) is 0 Å². The number of benzene rings is 1. The highest BCUT2D eigenvalue weighted by molar-refractivity contribution is 7.93. The van der Waals surface area contributed by atoms with E-state index in [1.54, 1.807) is 17.5 Å². The van der Waals surface area contributed by atoms with Gasteiger partial charge in [0.05, 0.1) is 24.1 Å². The zero-order valence-corrected chi connectivity index (χ0v) is 17.0. The van der Waals surface area contributed by atoms with Crippen LogP contribution in [0, 0.1) is 5.92 Å². The van der Waals surface area contributed by atoms with Gasteiger partial charge in [-0.05, 0) is 43.0 Å². The predicted molar refractivity (Wildman–Crippen MR) is 105 cm³/mol. The van der Waals surface area contributed by atoms with E-state index in [1.807, 2.05) is 4.90 Å². The van der Waals surface area contributed by atoms with Gasteiger partial charge in [0, 0.05) is 18.5 Å². The molecule has 27 heavy (non-hydrogen) atoms. The molecule has 1 aromatic heterocycles. The molecule has 1 atom stereocenters. The van der Waals surface area contributed by atoms with Gasteiger partial charge in [0.15, 0.2) is 5.13 Å². The molecule has 0 bridgehead atoms. The average molecular weight is 410 g/mol. The van der Waals surface area contributed by atoms with Crippen LogP contribution in [0.15, 0.2) is 34.5 Å².